The number of hydrogen-bond donors (Lipinski definition) is 1. The van der Waals surface area contributed by atoms with Crippen LogP contribution in [0.15, 0.2) is 24.5 Å². The van der Waals surface area contributed by atoms with Crippen molar-refractivity contribution in [2.45, 2.75) is 6.92 Å². The molecular weight excluding hydrogens is 168 g/mol. The summed E-state index contributed by atoms with van der Waals surface area (Å²) in [6, 6.07) is 3.46. The van der Waals surface area contributed by atoms with Crippen molar-refractivity contribution in [3.63, 3.8) is 0 Å². The molecule has 5 heteroatoms. The molecule has 0 aliphatic carbocycles. The maximum absolute atomic E-state index is 10.8. The monoisotopic (exact) mass is 176 g/mol. The zero-order valence-electron chi connectivity index (χ0n) is 7.06. The first kappa shape index (κ1) is 7.72. The van der Waals surface area contributed by atoms with Gasteiger partial charge in [-0.2, -0.15) is 9.61 Å². The maximum atomic E-state index is 10.8. The summed E-state index contributed by atoms with van der Waals surface area (Å²) >= 11 is 0. The van der Waals surface area contributed by atoms with Gasteiger partial charge in [0, 0.05) is 19.2 Å². The third-order valence-corrected chi connectivity index (χ3v) is 1.59. The van der Waals surface area contributed by atoms with E-state index in [1.165, 1.54) is 6.92 Å². The third kappa shape index (κ3) is 1.35. The van der Waals surface area contributed by atoms with Gasteiger partial charge < -0.3 is 5.32 Å². The summed E-state index contributed by atoms with van der Waals surface area (Å²) in [5, 5.41) is 6.67. The summed E-state index contributed by atoms with van der Waals surface area (Å²) in [6.45, 7) is 1.45. The van der Waals surface area contributed by atoms with Crippen LogP contribution >= 0.6 is 0 Å². The molecule has 1 N–H and O–H groups in total. The van der Waals surface area contributed by atoms with Crippen LogP contribution in [0.4, 0.5) is 5.82 Å². The molecule has 0 saturated carbocycles. The fourth-order valence-electron chi connectivity index (χ4n) is 1.11. The number of fused-ring (bicyclic) bond motifs is 1. The summed E-state index contributed by atoms with van der Waals surface area (Å²) in [5.41, 5.74) is 0.714. The molecule has 2 rings (SSSR count). The number of nitrogens with one attached hydrogen (secondary N) is 1. The first-order valence-corrected chi connectivity index (χ1v) is 3.84. The average molecular weight is 176 g/mol. The van der Waals surface area contributed by atoms with E-state index in [1.54, 1.807) is 29.0 Å². The Bertz CT molecular complexity index is 448. The van der Waals surface area contributed by atoms with Gasteiger partial charge in [0.15, 0.2) is 5.65 Å². The quantitative estimate of drug-likeness (QED) is 0.695. The minimum Gasteiger partial charge on any atom is -0.311 e. The molecule has 66 valence electrons. The summed E-state index contributed by atoms with van der Waals surface area (Å²) in [4.78, 5) is 14.9. The SMILES string of the molecule is CC(=O)Nc1ccnc2ccnn12. The van der Waals surface area contributed by atoms with Crippen LogP contribution in [0.3, 0.4) is 0 Å². The molecule has 0 bridgehead atoms. The highest BCUT2D eigenvalue weighted by Gasteiger charge is 2.01. The van der Waals surface area contributed by atoms with Crippen molar-refractivity contribution in [2.24, 2.45) is 0 Å². The number of aromatic nitrogens is 3. The van der Waals surface area contributed by atoms with Gasteiger partial charge in [-0.3, -0.25) is 4.79 Å². The Morgan fingerprint density at radius 3 is 3.08 bits per heavy atom. The van der Waals surface area contributed by atoms with Crippen LogP contribution in [0.25, 0.3) is 5.65 Å². The van der Waals surface area contributed by atoms with E-state index < -0.39 is 0 Å². The van der Waals surface area contributed by atoms with Gasteiger partial charge in [-0.1, -0.05) is 0 Å². The Morgan fingerprint density at radius 1 is 1.46 bits per heavy atom. The topological polar surface area (TPSA) is 59.3 Å². The lowest BCUT2D eigenvalue weighted by atomic mass is 10.5. The third-order valence-electron chi connectivity index (χ3n) is 1.59. The first-order chi connectivity index (χ1) is 6.27. The molecule has 0 atom stereocenters. The highest BCUT2D eigenvalue weighted by Crippen LogP contribution is 2.07. The molecule has 13 heavy (non-hydrogen) atoms. The van der Waals surface area contributed by atoms with E-state index >= 15 is 0 Å². The Kier molecular flexibility index (Phi) is 1.70. The predicted octanol–water partition coefficient (Wildman–Crippen LogP) is 0.688. The molecule has 0 aromatic carbocycles. The van der Waals surface area contributed by atoms with Crippen LogP contribution in [0.1, 0.15) is 6.92 Å². The van der Waals surface area contributed by atoms with Gasteiger partial charge >= 0.3 is 0 Å². The lowest BCUT2D eigenvalue weighted by Crippen LogP contribution is -2.10. The Labute approximate surface area is 74.4 Å². The van der Waals surface area contributed by atoms with Crippen LogP contribution in [0.2, 0.25) is 0 Å². The second kappa shape index (κ2) is 2.85. The Hall–Kier alpha value is -1.91. The summed E-state index contributed by atoms with van der Waals surface area (Å²) in [5.74, 6) is 0.505. The molecule has 2 aromatic heterocycles. The van der Waals surface area contributed by atoms with E-state index in [1.807, 2.05) is 0 Å². The van der Waals surface area contributed by atoms with Crippen LogP contribution in [-0.4, -0.2) is 20.5 Å². The van der Waals surface area contributed by atoms with E-state index in [4.69, 9.17) is 0 Å². The molecule has 2 heterocycles. The molecule has 0 aliphatic heterocycles. The zero-order valence-corrected chi connectivity index (χ0v) is 7.06. The average Bonchev–Trinajstić information content (AvgIpc) is 2.51. The smallest absolute Gasteiger partial charge is 0.222 e. The molecule has 0 radical (unpaired) electrons. The number of rotatable bonds is 1. The van der Waals surface area contributed by atoms with Gasteiger partial charge in [0.05, 0.1) is 6.20 Å². The van der Waals surface area contributed by atoms with E-state index in [0.29, 0.717) is 11.5 Å². The molecule has 0 unspecified atom stereocenters. The van der Waals surface area contributed by atoms with Gasteiger partial charge in [0.25, 0.3) is 0 Å². The van der Waals surface area contributed by atoms with E-state index in [0.717, 1.165) is 0 Å². The van der Waals surface area contributed by atoms with Crippen molar-refractivity contribution < 1.29 is 4.79 Å². The lowest BCUT2D eigenvalue weighted by molar-refractivity contribution is -0.114. The van der Waals surface area contributed by atoms with E-state index in [9.17, 15) is 4.79 Å². The van der Waals surface area contributed by atoms with Crippen molar-refractivity contribution in [2.75, 3.05) is 5.32 Å². The zero-order chi connectivity index (χ0) is 9.26. The number of amides is 1. The highest BCUT2D eigenvalue weighted by molar-refractivity contribution is 5.87. The predicted molar refractivity (Wildman–Crippen MR) is 47.3 cm³/mol. The van der Waals surface area contributed by atoms with Gasteiger partial charge in [0.2, 0.25) is 5.91 Å². The summed E-state index contributed by atoms with van der Waals surface area (Å²) in [6.07, 6.45) is 3.26. The molecule has 2 aromatic rings. The highest BCUT2D eigenvalue weighted by atomic mass is 16.1. The van der Waals surface area contributed by atoms with E-state index in [-0.39, 0.29) is 5.91 Å². The molecule has 0 aliphatic rings. The lowest BCUT2D eigenvalue weighted by Gasteiger charge is -2.02. The Balaban J connectivity index is 2.54. The minimum atomic E-state index is -0.122. The number of hydrogen-bond acceptors (Lipinski definition) is 3. The van der Waals surface area contributed by atoms with Crippen LogP contribution in [-0.2, 0) is 4.79 Å². The maximum Gasteiger partial charge on any atom is 0.222 e. The van der Waals surface area contributed by atoms with Gasteiger partial charge in [0.1, 0.15) is 5.82 Å². The van der Waals surface area contributed by atoms with E-state index in [2.05, 4.69) is 15.4 Å². The second-order valence-electron chi connectivity index (χ2n) is 2.61. The standard InChI is InChI=1S/C8H8N4O/c1-6(13)11-8-2-4-9-7-3-5-10-12(7)8/h2-5H,1H3,(H,11,13). The molecule has 0 spiro atoms. The molecule has 1 amide bonds. The largest absolute Gasteiger partial charge is 0.311 e. The Morgan fingerprint density at radius 2 is 2.31 bits per heavy atom. The summed E-state index contributed by atoms with van der Waals surface area (Å²) < 4.78 is 1.57. The molecule has 5 nitrogen and oxygen atoms in total. The van der Waals surface area contributed by atoms with Crippen LogP contribution in [0, 0.1) is 0 Å². The molecular formula is C8H8N4O. The minimum absolute atomic E-state index is 0.122. The number of carbonyl (C=O) groups is 1. The van der Waals surface area contributed by atoms with Crippen molar-refractivity contribution in [1.29, 1.82) is 0 Å². The van der Waals surface area contributed by atoms with Gasteiger partial charge in [-0.15, -0.1) is 0 Å². The fourth-order valence-corrected chi connectivity index (χ4v) is 1.11. The number of nitrogens with zero attached hydrogens (tertiary/aromatic N) is 3. The summed E-state index contributed by atoms with van der Waals surface area (Å²) in [7, 11) is 0. The van der Waals surface area contributed by atoms with Crippen LogP contribution < -0.4 is 5.32 Å². The van der Waals surface area contributed by atoms with Gasteiger partial charge in [-0.05, 0) is 6.07 Å². The number of carbonyl (C=O) groups excluding carboxylic acids is 1. The van der Waals surface area contributed by atoms with Crippen molar-refractivity contribution in [1.82, 2.24) is 14.6 Å². The first-order valence-electron chi connectivity index (χ1n) is 3.84. The van der Waals surface area contributed by atoms with Crippen molar-refractivity contribution in [3.05, 3.63) is 24.5 Å². The van der Waals surface area contributed by atoms with Crippen molar-refractivity contribution in [3.8, 4) is 0 Å². The fraction of sp³-hybridized carbons (Fsp3) is 0.125. The van der Waals surface area contributed by atoms with Crippen molar-refractivity contribution >= 4 is 17.4 Å². The molecule has 0 fully saturated rings. The van der Waals surface area contributed by atoms with Gasteiger partial charge in [-0.25, -0.2) is 4.98 Å². The van der Waals surface area contributed by atoms with Crippen LogP contribution in [0.5, 0.6) is 0 Å². The molecule has 0 saturated heterocycles. The second-order valence-corrected chi connectivity index (χ2v) is 2.61. The number of anilines is 1. The normalized spacial score (nSPS) is 10.2.